The maximum Gasteiger partial charge on any atom is 0.311 e. The molecular formula is C28H42N4O5S. The fourth-order valence-electron chi connectivity index (χ4n) is 7.47. The average Bonchev–Trinajstić information content (AvgIpc) is 2.89. The Kier molecular flexibility index (Phi) is 9.23. The Labute approximate surface area is 229 Å². The Balaban J connectivity index is 1.42. The molecule has 3 unspecified atom stereocenters. The van der Waals surface area contributed by atoms with Gasteiger partial charge in [-0.25, -0.2) is 0 Å². The molecule has 10 heteroatoms. The summed E-state index contributed by atoms with van der Waals surface area (Å²) in [4.78, 5) is 51.7. The first-order valence-electron chi connectivity index (χ1n) is 13.7. The predicted molar refractivity (Wildman–Crippen MR) is 147 cm³/mol. The number of allylic oxidation sites excluding steroid dienone is 4. The zero-order valence-electron chi connectivity index (χ0n) is 22.5. The van der Waals surface area contributed by atoms with Gasteiger partial charge in [0.15, 0.2) is 0 Å². The van der Waals surface area contributed by atoms with E-state index in [9.17, 15) is 19.2 Å². The molecule has 4 bridgehead atoms. The van der Waals surface area contributed by atoms with Gasteiger partial charge in [-0.3, -0.25) is 19.2 Å². The molecule has 3 amide bonds. The number of methoxy groups -OCH3 is 1. The van der Waals surface area contributed by atoms with Gasteiger partial charge >= 0.3 is 5.97 Å². The summed E-state index contributed by atoms with van der Waals surface area (Å²) >= 11 is 1.61. The van der Waals surface area contributed by atoms with E-state index in [1.807, 2.05) is 18.4 Å². The molecule has 0 radical (unpaired) electrons. The van der Waals surface area contributed by atoms with E-state index in [1.165, 1.54) is 7.11 Å². The second-order valence-corrected chi connectivity index (χ2v) is 12.8. The van der Waals surface area contributed by atoms with Gasteiger partial charge in [-0.2, -0.15) is 11.8 Å². The summed E-state index contributed by atoms with van der Waals surface area (Å²) in [6.07, 6.45) is 16.8. The van der Waals surface area contributed by atoms with Crippen LogP contribution in [0.5, 0.6) is 0 Å². The van der Waals surface area contributed by atoms with Crippen molar-refractivity contribution in [3.8, 4) is 0 Å². The summed E-state index contributed by atoms with van der Waals surface area (Å²) in [5.41, 5.74) is 4.92. The molecular weight excluding hydrogens is 504 g/mol. The SMILES string of the molecule is COC(=O)C12CC3CC(CC(NC(=O)[C@H](CC4C=CC=CC4)NC(=O)CNC(=O)[C@H](N)CCSC)(C3)C1)C2. The van der Waals surface area contributed by atoms with E-state index >= 15 is 0 Å². The summed E-state index contributed by atoms with van der Waals surface area (Å²) in [6.45, 7) is -0.239. The average molecular weight is 547 g/mol. The van der Waals surface area contributed by atoms with Gasteiger partial charge in [-0.05, 0) is 87.5 Å². The van der Waals surface area contributed by atoms with Crippen LogP contribution < -0.4 is 21.7 Å². The highest BCUT2D eigenvalue weighted by molar-refractivity contribution is 7.98. The molecule has 0 aromatic heterocycles. The molecule has 4 saturated carbocycles. The Morgan fingerprint density at radius 3 is 2.47 bits per heavy atom. The van der Waals surface area contributed by atoms with Crippen LogP contribution in [-0.4, -0.2) is 67.0 Å². The molecule has 0 spiro atoms. The number of hydrogen-bond donors (Lipinski definition) is 4. The van der Waals surface area contributed by atoms with E-state index < -0.39 is 28.9 Å². The number of nitrogens with two attached hydrogens (primary N) is 1. The van der Waals surface area contributed by atoms with Gasteiger partial charge in [-0.15, -0.1) is 0 Å². The van der Waals surface area contributed by atoms with Crippen LogP contribution in [0.25, 0.3) is 0 Å². The minimum Gasteiger partial charge on any atom is -0.469 e. The Morgan fingerprint density at radius 2 is 1.84 bits per heavy atom. The zero-order chi connectivity index (χ0) is 27.3. The summed E-state index contributed by atoms with van der Waals surface area (Å²) in [6, 6.07) is -1.43. The number of nitrogens with one attached hydrogen (secondary N) is 3. The number of amides is 3. The summed E-state index contributed by atoms with van der Waals surface area (Å²) in [5.74, 6) is 0.448. The molecule has 0 heterocycles. The number of carbonyl (C=O) groups excluding carboxylic acids is 4. The van der Waals surface area contributed by atoms with Crippen LogP contribution in [-0.2, 0) is 23.9 Å². The molecule has 0 aromatic carbocycles. The second-order valence-electron chi connectivity index (χ2n) is 11.8. The molecule has 4 fully saturated rings. The molecule has 5 aliphatic rings. The lowest BCUT2D eigenvalue weighted by Gasteiger charge is -2.61. The van der Waals surface area contributed by atoms with Crippen molar-refractivity contribution in [1.82, 2.24) is 16.0 Å². The lowest BCUT2D eigenvalue weighted by atomic mass is 9.47. The van der Waals surface area contributed by atoms with Crippen LogP contribution in [0, 0.1) is 23.2 Å². The van der Waals surface area contributed by atoms with Crippen LogP contribution in [0.2, 0.25) is 0 Å². The standard InChI is InChI=1S/C28H42N4O5S/c1-37-26(36)27-12-19-10-20(13-27)15-28(14-19,17-27)32-25(35)22(11-18-6-4-3-5-7-18)31-23(33)16-30-24(34)21(29)8-9-38-2/h3-6,18-22H,7-17,29H2,1-2H3,(H,30,34)(H,31,33)(H,32,35)/t18?,19?,20?,21-,22+,27?,28?/m1/s1. The number of ether oxygens (including phenoxy) is 1. The molecule has 0 saturated heterocycles. The smallest absolute Gasteiger partial charge is 0.311 e. The quantitative estimate of drug-likeness (QED) is 0.274. The molecule has 5 atom stereocenters. The minimum absolute atomic E-state index is 0.114. The highest BCUT2D eigenvalue weighted by Gasteiger charge is 2.61. The fourth-order valence-corrected chi connectivity index (χ4v) is 7.96. The Hall–Kier alpha value is -2.33. The number of carbonyl (C=O) groups is 4. The predicted octanol–water partition coefficient (Wildman–Crippen LogP) is 1.82. The van der Waals surface area contributed by atoms with E-state index in [1.54, 1.807) is 11.8 Å². The van der Waals surface area contributed by atoms with E-state index in [0.717, 1.165) is 44.3 Å². The van der Waals surface area contributed by atoms with Crippen LogP contribution in [0.3, 0.4) is 0 Å². The van der Waals surface area contributed by atoms with Crippen molar-refractivity contribution in [2.75, 3.05) is 25.7 Å². The van der Waals surface area contributed by atoms with Crippen molar-refractivity contribution in [1.29, 1.82) is 0 Å². The van der Waals surface area contributed by atoms with E-state index in [2.05, 4.69) is 28.1 Å². The van der Waals surface area contributed by atoms with E-state index in [0.29, 0.717) is 31.1 Å². The summed E-state index contributed by atoms with van der Waals surface area (Å²) in [5, 5.41) is 8.78. The highest BCUT2D eigenvalue weighted by Crippen LogP contribution is 2.62. The summed E-state index contributed by atoms with van der Waals surface area (Å²) in [7, 11) is 1.44. The molecule has 38 heavy (non-hydrogen) atoms. The molecule has 9 nitrogen and oxygen atoms in total. The zero-order valence-corrected chi connectivity index (χ0v) is 23.3. The largest absolute Gasteiger partial charge is 0.469 e. The van der Waals surface area contributed by atoms with Crippen LogP contribution in [0.1, 0.15) is 57.8 Å². The molecule has 210 valence electrons. The van der Waals surface area contributed by atoms with Crippen LogP contribution >= 0.6 is 11.8 Å². The first kappa shape index (κ1) is 28.7. The van der Waals surface area contributed by atoms with Crippen molar-refractivity contribution in [2.45, 2.75) is 75.4 Å². The van der Waals surface area contributed by atoms with Gasteiger partial charge in [0.25, 0.3) is 0 Å². The maximum absolute atomic E-state index is 13.8. The van der Waals surface area contributed by atoms with Gasteiger partial charge in [0.1, 0.15) is 6.04 Å². The molecule has 0 aliphatic heterocycles. The van der Waals surface area contributed by atoms with Gasteiger partial charge in [0.2, 0.25) is 17.7 Å². The van der Waals surface area contributed by atoms with Gasteiger partial charge in [0.05, 0.1) is 25.1 Å². The number of thioether (sulfide) groups is 1. The van der Waals surface area contributed by atoms with Crippen molar-refractivity contribution in [2.24, 2.45) is 28.9 Å². The van der Waals surface area contributed by atoms with Crippen molar-refractivity contribution < 1.29 is 23.9 Å². The normalized spacial score (nSPS) is 32.3. The first-order chi connectivity index (χ1) is 18.2. The van der Waals surface area contributed by atoms with E-state index in [4.69, 9.17) is 10.5 Å². The van der Waals surface area contributed by atoms with Crippen LogP contribution in [0.4, 0.5) is 0 Å². The van der Waals surface area contributed by atoms with Crippen molar-refractivity contribution in [3.63, 3.8) is 0 Å². The molecule has 5 rings (SSSR count). The van der Waals surface area contributed by atoms with Gasteiger partial charge in [0, 0.05) is 5.54 Å². The monoisotopic (exact) mass is 546 g/mol. The number of hydrogen-bond acceptors (Lipinski definition) is 7. The number of rotatable bonds is 12. The molecule has 5 aliphatic carbocycles. The van der Waals surface area contributed by atoms with E-state index in [-0.39, 0.29) is 30.2 Å². The third-order valence-corrected chi connectivity index (χ3v) is 9.36. The third-order valence-electron chi connectivity index (χ3n) is 8.72. The molecule has 0 aromatic rings. The van der Waals surface area contributed by atoms with Gasteiger partial charge < -0.3 is 26.4 Å². The van der Waals surface area contributed by atoms with Crippen molar-refractivity contribution >= 4 is 35.5 Å². The van der Waals surface area contributed by atoms with Gasteiger partial charge in [-0.1, -0.05) is 24.3 Å². The second kappa shape index (κ2) is 12.2. The number of esters is 1. The minimum atomic E-state index is -0.757. The topological polar surface area (TPSA) is 140 Å². The van der Waals surface area contributed by atoms with Crippen LogP contribution in [0.15, 0.2) is 24.3 Å². The third kappa shape index (κ3) is 6.62. The van der Waals surface area contributed by atoms with Crippen molar-refractivity contribution in [3.05, 3.63) is 24.3 Å². The Morgan fingerprint density at radius 1 is 1.11 bits per heavy atom. The lowest BCUT2D eigenvalue weighted by Crippen LogP contribution is -2.66. The maximum atomic E-state index is 13.8. The highest BCUT2D eigenvalue weighted by atomic mass is 32.2. The Bertz CT molecular complexity index is 968. The molecule has 5 N–H and O–H groups in total. The first-order valence-corrected chi connectivity index (χ1v) is 15.1. The summed E-state index contributed by atoms with van der Waals surface area (Å²) < 4.78 is 5.20. The lowest BCUT2D eigenvalue weighted by molar-refractivity contribution is -0.173. The fraction of sp³-hybridized carbons (Fsp3) is 0.714.